The SMILES string of the molecule is COc1ccc(Nc2cnc(C(=O)Nc3ccccc3Cl)cn2)cc1Cl. The van der Waals surface area contributed by atoms with E-state index in [4.69, 9.17) is 27.9 Å². The normalized spacial score (nSPS) is 10.3. The van der Waals surface area contributed by atoms with Crippen molar-refractivity contribution in [1.82, 2.24) is 9.97 Å². The molecular formula is C18H14Cl2N4O2. The van der Waals surface area contributed by atoms with Crippen LogP contribution in [-0.2, 0) is 0 Å². The second kappa shape index (κ2) is 8.03. The van der Waals surface area contributed by atoms with E-state index in [0.29, 0.717) is 27.3 Å². The van der Waals surface area contributed by atoms with Crippen molar-refractivity contribution in [3.8, 4) is 5.75 Å². The first-order chi connectivity index (χ1) is 12.6. The number of nitrogens with zero attached hydrogens (tertiary/aromatic N) is 2. The molecule has 0 unspecified atom stereocenters. The fourth-order valence-electron chi connectivity index (χ4n) is 2.15. The molecule has 0 bridgehead atoms. The number of para-hydroxylation sites is 1. The van der Waals surface area contributed by atoms with E-state index in [-0.39, 0.29) is 5.69 Å². The van der Waals surface area contributed by atoms with Crippen LogP contribution in [-0.4, -0.2) is 23.0 Å². The Morgan fingerprint density at radius 2 is 1.85 bits per heavy atom. The summed E-state index contributed by atoms with van der Waals surface area (Å²) in [6.45, 7) is 0. The number of rotatable bonds is 5. The number of carbonyl (C=O) groups excluding carboxylic acids is 1. The maximum absolute atomic E-state index is 12.2. The Morgan fingerprint density at radius 1 is 1.04 bits per heavy atom. The Bertz CT molecular complexity index is 933. The molecule has 3 rings (SSSR count). The molecular weight excluding hydrogens is 375 g/mol. The van der Waals surface area contributed by atoms with E-state index in [0.717, 1.165) is 5.69 Å². The van der Waals surface area contributed by atoms with E-state index in [1.54, 1.807) is 49.6 Å². The van der Waals surface area contributed by atoms with E-state index in [9.17, 15) is 4.79 Å². The van der Waals surface area contributed by atoms with Crippen molar-refractivity contribution < 1.29 is 9.53 Å². The minimum absolute atomic E-state index is 0.170. The number of aromatic nitrogens is 2. The van der Waals surface area contributed by atoms with Gasteiger partial charge in [-0.05, 0) is 30.3 Å². The molecule has 0 radical (unpaired) electrons. The average molecular weight is 389 g/mol. The maximum Gasteiger partial charge on any atom is 0.275 e. The summed E-state index contributed by atoms with van der Waals surface area (Å²) in [6, 6.07) is 12.2. The quantitative estimate of drug-likeness (QED) is 0.656. The van der Waals surface area contributed by atoms with E-state index in [1.807, 2.05) is 0 Å². The number of nitrogens with one attached hydrogen (secondary N) is 2. The van der Waals surface area contributed by atoms with Crippen LogP contribution >= 0.6 is 23.2 Å². The van der Waals surface area contributed by atoms with Gasteiger partial charge in [-0.2, -0.15) is 0 Å². The van der Waals surface area contributed by atoms with Crippen LogP contribution in [0.2, 0.25) is 10.0 Å². The van der Waals surface area contributed by atoms with Gasteiger partial charge < -0.3 is 15.4 Å². The van der Waals surface area contributed by atoms with Crippen molar-refractivity contribution in [2.45, 2.75) is 0 Å². The van der Waals surface area contributed by atoms with Gasteiger partial charge in [0.1, 0.15) is 17.3 Å². The number of amides is 1. The van der Waals surface area contributed by atoms with Crippen LogP contribution in [0.15, 0.2) is 54.9 Å². The van der Waals surface area contributed by atoms with Crippen LogP contribution in [0.4, 0.5) is 17.2 Å². The average Bonchev–Trinajstić information content (AvgIpc) is 2.64. The van der Waals surface area contributed by atoms with Gasteiger partial charge in [-0.25, -0.2) is 9.97 Å². The highest BCUT2D eigenvalue weighted by Gasteiger charge is 2.10. The summed E-state index contributed by atoms with van der Waals surface area (Å²) in [5, 5.41) is 6.67. The van der Waals surface area contributed by atoms with Crippen LogP contribution in [0.25, 0.3) is 0 Å². The fraction of sp³-hybridized carbons (Fsp3) is 0.0556. The molecule has 1 amide bonds. The standard InChI is InChI=1S/C18H14Cl2N4O2/c1-26-16-7-6-11(8-13(16)20)23-17-10-21-15(9-22-17)18(25)24-14-5-3-2-4-12(14)19/h2-10H,1H3,(H,22,23)(H,24,25). The number of benzene rings is 2. The number of methoxy groups -OCH3 is 1. The first-order valence-electron chi connectivity index (χ1n) is 7.55. The first-order valence-corrected chi connectivity index (χ1v) is 8.31. The van der Waals surface area contributed by atoms with Gasteiger partial charge in [-0.15, -0.1) is 0 Å². The maximum atomic E-state index is 12.2. The Labute approximate surface area is 160 Å². The topological polar surface area (TPSA) is 76.1 Å². The molecule has 1 aromatic heterocycles. The van der Waals surface area contributed by atoms with Gasteiger partial charge in [0.05, 0.1) is 35.2 Å². The van der Waals surface area contributed by atoms with E-state index < -0.39 is 5.91 Å². The molecule has 0 aliphatic carbocycles. The fourth-order valence-corrected chi connectivity index (χ4v) is 2.59. The van der Waals surface area contributed by atoms with Gasteiger partial charge in [0.15, 0.2) is 0 Å². The molecule has 3 aromatic rings. The van der Waals surface area contributed by atoms with Crippen LogP contribution in [0.1, 0.15) is 10.5 Å². The summed E-state index contributed by atoms with van der Waals surface area (Å²) in [7, 11) is 1.55. The van der Waals surface area contributed by atoms with Crippen molar-refractivity contribution in [1.29, 1.82) is 0 Å². The molecule has 2 aromatic carbocycles. The molecule has 0 aliphatic heterocycles. The van der Waals surface area contributed by atoms with Crippen molar-refractivity contribution in [3.63, 3.8) is 0 Å². The monoisotopic (exact) mass is 388 g/mol. The summed E-state index contributed by atoms with van der Waals surface area (Å²) in [4.78, 5) is 20.5. The molecule has 0 saturated carbocycles. The van der Waals surface area contributed by atoms with Crippen molar-refractivity contribution in [2.24, 2.45) is 0 Å². The van der Waals surface area contributed by atoms with Gasteiger partial charge in [0, 0.05) is 5.69 Å². The third-order valence-electron chi connectivity index (χ3n) is 3.43. The highest BCUT2D eigenvalue weighted by Crippen LogP contribution is 2.28. The zero-order valence-electron chi connectivity index (χ0n) is 13.7. The molecule has 0 fully saturated rings. The molecule has 6 nitrogen and oxygen atoms in total. The third-order valence-corrected chi connectivity index (χ3v) is 4.06. The Balaban J connectivity index is 1.69. The first kappa shape index (κ1) is 18.0. The van der Waals surface area contributed by atoms with Crippen LogP contribution in [0.5, 0.6) is 5.75 Å². The number of hydrogen-bond acceptors (Lipinski definition) is 5. The highest BCUT2D eigenvalue weighted by molar-refractivity contribution is 6.34. The molecule has 0 spiro atoms. The van der Waals surface area contributed by atoms with Gasteiger partial charge in [0.25, 0.3) is 5.91 Å². The van der Waals surface area contributed by atoms with Crippen molar-refractivity contribution in [2.75, 3.05) is 17.7 Å². The zero-order valence-corrected chi connectivity index (χ0v) is 15.2. The second-order valence-corrected chi connectivity index (χ2v) is 6.01. The Hall–Kier alpha value is -2.83. The third kappa shape index (κ3) is 4.22. The van der Waals surface area contributed by atoms with E-state index in [1.165, 1.54) is 12.4 Å². The van der Waals surface area contributed by atoms with Crippen molar-refractivity contribution >= 4 is 46.3 Å². The minimum Gasteiger partial charge on any atom is -0.495 e. The molecule has 8 heteroatoms. The van der Waals surface area contributed by atoms with Gasteiger partial charge in [-0.1, -0.05) is 35.3 Å². The van der Waals surface area contributed by atoms with Crippen molar-refractivity contribution in [3.05, 3.63) is 70.6 Å². The number of carbonyl (C=O) groups is 1. The lowest BCUT2D eigenvalue weighted by Gasteiger charge is -2.09. The molecule has 0 atom stereocenters. The minimum atomic E-state index is -0.398. The van der Waals surface area contributed by atoms with Gasteiger partial charge in [0.2, 0.25) is 0 Å². The summed E-state index contributed by atoms with van der Waals surface area (Å²) >= 11 is 12.1. The number of hydrogen-bond donors (Lipinski definition) is 2. The molecule has 132 valence electrons. The molecule has 0 saturated heterocycles. The lowest BCUT2D eigenvalue weighted by molar-refractivity contribution is 0.102. The molecule has 1 heterocycles. The molecule has 26 heavy (non-hydrogen) atoms. The van der Waals surface area contributed by atoms with Crippen LogP contribution in [0.3, 0.4) is 0 Å². The smallest absolute Gasteiger partial charge is 0.275 e. The van der Waals surface area contributed by atoms with Crippen LogP contribution < -0.4 is 15.4 Å². The summed E-state index contributed by atoms with van der Waals surface area (Å²) in [6.07, 6.45) is 2.83. The Kier molecular flexibility index (Phi) is 5.55. The predicted octanol–water partition coefficient (Wildman–Crippen LogP) is 4.79. The lowest BCUT2D eigenvalue weighted by atomic mass is 10.3. The van der Waals surface area contributed by atoms with Crippen LogP contribution in [0, 0.1) is 0 Å². The number of halogens is 2. The van der Waals surface area contributed by atoms with E-state index in [2.05, 4.69) is 20.6 Å². The molecule has 2 N–H and O–H groups in total. The Morgan fingerprint density at radius 3 is 2.50 bits per heavy atom. The highest BCUT2D eigenvalue weighted by atomic mass is 35.5. The van der Waals surface area contributed by atoms with E-state index >= 15 is 0 Å². The summed E-state index contributed by atoms with van der Waals surface area (Å²) < 4.78 is 5.11. The predicted molar refractivity (Wildman–Crippen MR) is 103 cm³/mol. The number of anilines is 3. The summed E-state index contributed by atoms with van der Waals surface area (Å²) in [5.41, 5.74) is 1.40. The summed E-state index contributed by atoms with van der Waals surface area (Å²) in [5.74, 6) is 0.653. The largest absolute Gasteiger partial charge is 0.495 e. The zero-order chi connectivity index (χ0) is 18.5. The van der Waals surface area contributed by atoms with Gasteiger partial charge in [-0.3, -0.25) is 4.79 Å². The lowest BCUT2D eigenvalue weighted by Crippen LogP contribution is -2.14. The second-order valence-electron chi connectivity index (χ2n) is 5.20. The number of ether oxygens (including phenoxy) is 1. The van der Waals surface area contributed by atoms with Gasteiger partial charge >= 0.3 is 0 Å². The molecule has 0 aliphatic rings.